The molecule has 3 rings (SSSR count). The number of thiazole rings is 1. The zero-order valence-corrected chi connectivity index (χ0v) is 15.7. The van der Waals surface area contributed by atoms with E-state index in [1.54, 1.807) is 0 Å². The number of aryl methyl sites for hydroxylation is 1. The van der Waals surface area contributed by atoms with Crippen molar-refractivity contribution >= 4 is 44.2 Å². The van der Waals surface area contributed by atoms with E-state index in [0.717, 1.165) is 15.8 Å². The third kappa shape index (κ3) is 3.45. The molecule has 0 aliphatic heterocycles. The minimum atomic E-state index is -0.155. The summed E-state index contributed by atoms with van der Waals surface area (Å²) >= 11 is 7.58. The summed E-state index contributed by atoms with van der Waals surface area (Å²) in [6.45, 7) is 8.40. The molecule has 0 unspecified atom stereocenters. The van der Waals surface area contributed by atoms with Gasteiger partial charge in [-0.1, -0.05) is 55.8 Å². The van der Waals surface area contributed by atoms with Gasteiger partial charge in [0.1, 0.15) is 0 Å². The van der Waals surface area contributed by atoms with Crippen molar-refractivity contribution in [2.75, 3.05) is 5.32 Å². The standard InChI is InChI=1S/C19H19ClN2OS/c1-11-9-16-15(10-14(11)20)21-18(24-16)22-17(23)12-5-7-13(8-6-12)19(2,3)4/h5-10H,1-4H3,(H,21,22,23). The first-order chi connectivity index (χ1) is 11.2. The number of halogens is 1. The molecular formula is C19H19ClN2OS. The molecule has 1 heterocycles. The maximum Gasteiger partial charge on any atom is 0.257 e. The van der Waals surface area contributed by atoms with Crippen LogP contribution in [0.25, 0.3) is 10.2 Å². The van der Waals surface area contributed by atoms with Crippen LogP contribution in [0.1, 0.15) is 42.3 Å². The molecule has 124 valence electrons. The maximum absolute atomic E-state index is 12.4. The highest BCUT2D eigenvalue weighted by Crippen LogP contribution is 2.30. The van der Waals surface area contributed by atoms with E-state index in [0.29, 0.717) is 15.7 Å². The Kier molecular flexibility index (Phi) is 4.37. The summed E-state index contributed by atoms with van der Waals surface area (Å²) in [5, 5.41) is 4.13. The van der Waals surface area contributed by atoms with Gasteiger partial charge in [-0.2, -0.15) is 0 Å². The van der Waals surface area contributed by atoms with Gasteiger partial charge in [-0.05, 0) is 47.7 Å². The Balaban J connectivity index is 1.82. The third-order valence-electron chi connectivity index (χ3n) is 3.90. The molecule has 0 bridgehead atoms. The van der Waals surface area contributed by atoms with Crippen LogP contribution in [0.15, 0.2) is 36.4 Å². The lowest BCUT2D eigenvalue weighted by Crippen LogP contribution is -2.14. The van der Waals surface area contributed by atoms with Gasteiger partial charge in [0.15, 0.2) is 5.13 Å². The summed E-state index contributed by atoms with van der Waals surface area (Å²) in [6.07, 6.45) is 0. The number of carbonyl (C=O) groups excluding carboxylic acids is 1. The number of rotatable bonds is 2. The molecule has 3 aromatic rings. The topological polar surface area (TPSA) is 42.0 Å². The van der Waals surface area contributed by atoms with Crippen molar-refractivity contribution in [1.29, 1.82) is 0 Å². The Morgan fingerprint density at radius 2 is 1.83 bits per heavy atom. The van der Waals surface area contributed by atoms with Crippen LogP contribution in [0.5, 0.6) is 0 Å². The van der Waals surface area contributed by atoms with Crippen molar-refractivity contribution in [2.45, 2.75) is 33.1 Å². The number of nitrogens with zero attached hydrogens (tertiary/aromatic N) is 1. The lowest BCUT2D eigenvalue weighted by Gasteiger charge is -2.18. The molecule has 0 radical (unpaired) electrons. The van der Waals surface area contributed by atoms with Crippen LogP contribution in [0.4, 0.5) is 5.13 Å². The fraction of sp³-hybridized carbons (Fsp3) is 0.263. The van der Waals surface area contributed by atoms with Crippen LogP contribution >= 0.6 is 22.9 Å². The second kappa shape index (κ2) is 6.19. The first-order valence-electron chi connectivity index (χ1n) is 7.72. The molecule has 0 aliphatic rings. The fourth-order valence-corrected chi connectivity index (χ4v) is 3.49. The first-order valence-corrected chi connectivity index (χ1v) is 8.92. The molecule has 2 aromatic carbocycles. The second-order valence-corrected chi connectivity index (χ2v) is 8.31. The van der Waals surface area contributed by atoms with Gasteiger partial charge >= 0.3 is 0 Å². The second-order valence-electron chi connectivity index (χ2n) is 6.87. The Morgan fingerprint density at radius 1 is 1.17 bits per heavy atom. The van der Waals surface area contributed by atoms with Crippen molar-refractivity contribution in [3.63, 3.8) is 0 Å². The maximum atomic E-state index is 12.4. The zero-order chi connectivity index (χ0) is 17.5. The Labute approximate surface area is 150 Å². The normalized spacial score (nSPS) is 11.7. The van der Waals surface area contributed by atoms with E-state index < -0.39 is 0 Å². The first kappa shape index (κ1) is 16.9. The van der Waals surface area contributed by atoms with Crippen LogP contribution in [0.3, 0.4) is 0 Å². The largest absolute Gasteiger partial charge is 0.298 e. The number of benzene rings is 2. The van der Waals surface area contributed by atoms with Gasteiger partial charge in [0.2, 0.25) is 0 Å². The molecule has 0 saturated heterocycles. The fourth-order valence-electron chi connectivity index (χ4n) is 2.39. The van der Waals surface area contributed by atoms with Crippen LogP contribution < -0.4 is 5.32 Å². The van der Waals surface area contributed by atoms with Crippen molar-refractivity contribution in [2.24, 2.45) is 0 Å². The molecule has 0 spiro atoms. The predicted octanol–water partition coefficient (Wildman–Crippen LogP) is 5.81. The van der Waals surface area contributed by atoms with Crippen LogP contribution in [0.2, 0.25) is 5.02 Å². The Bertz CT molecular complexity index is 869. The van der Waals surface area contributed by atoms with E-state index in [1.807, 2.05) is 43.3 Å². The number of hydrogen-bond donors (Lipinski definition) is 1. The van der Waals surface area contributed by atoms with Gasteiger partial charge in [-0.15, -0.1) is 0 Å². The number of nitrogens with one attached hydrogen (secondary N) is 1. The van der Waals surface area contributed by atoms with E-state index in [4.69, 9.17) is 11.6 Å². The number of hydrogen-bond acceptors (Lipinski definition) is 3. The Morgan fingerprint density at radius 3 is 2.46 bits per heavy atom. The van der Waals surface area contributed by atoms with Crippen molar-refractivity contribution in [3.8, 4) is 0 Å². The highest BCUT2D eigenvalue weighted by atomic mass is 35.5. The monoisotopic (exact) mass is 358 g/mol. The van der Waals surface area contributed by atoms with Gasteiger partial charge in [0.25, 0.3) is 5.91 Å². The van der Waals surface area contributed by atoms with Crippen molar-refractivity contribution < 1.29 is 4.79 Å². The number of amides is 1. The summed E-state index contributed by atoms with van der Waals surface area (Å²) in [4.78, 5) is 16.9. The zero-order valence-electron chi connectivity index (χ0n) is 14.1. The highest BCUT2D eigenvalue weighted by Gasteiger charge is 2.15. The summed E-state index contributed by atoms with van der Waals surface area (Å²) in [5.41, 5.74) is 3.69. The number of aromatic nitrogens is 1. The molecule has 1 aromatic heterocycles. The van der Waals surface area contributed by atoms with E-state index in [-0.39, 0.29) is 11.3 Å². The van der Waals surface area contributed by atoms with Gasteiger partial charge in [0, 0.05) is 10.6 Å². The van der Waals surface area contributed by atoms with E-state index in [2.05, 4.69) is 31.1 Å². The molecule has 0 saturated carbocycles. The quantitative estimate of drug-likeness (QED) is 0.628. The lowest BCUT2D eigenvalue weighted by atomic mass is 9.87. The molecule has 0 aliphatic carbocycles. The number of anilines is 1. The highest BCUT2D eigenvalue weighted by molar-refractivity contribution is 7.22. The molecular weight excluding hydrogens is 340 g/mol. The summed E-state index contributed by atoms with van der Waals surface area (Å²) in [7, 11) is 0. The smallest absolute Gasteiger partial charge is 0.257 e. The van der Waals surface area contributed by atoms with E-state index in [1.165, 1.54) is 16.9 Å². The summed E-state index contributed by atoms with van der Waals surface area (Å²) in [6, 6.07) is 11.5. The van der Waals surface area contributed by atoms with Crippen molar-refractivity contribution in [1.82, 2.24) is 4.98 Å². The predicted molar refractivity (Wildman–Crippen MR) is 102 cm³/mol. The van der Waals surface area contributed by atoms with Crippen LogP contribution in [-0.4, -0.2) is 10.9 Å². The molecule has 1 N–H and O–H groups in total. The molecule has 0 atom stereocenters. The lowest BCUT2D eigenvalue weighted by molar-refractivity contribution is 0.102. The molecule has 5 heteroatoms. The minimum absolute atomic E-state index is 0.0686. The summed E-state index contributed by atoms with van der Waals surface area (Å²) in [5.74, 6) is -0.155. The Hall–Kier alpha value is -1.91. The van der Waals surface area contributed by atoms with Crippen LogP contribution in [-0.2, 0) is 5.41 Å². The minimum Gasteiger partial charge on any atom is -0.298 e. The molecule has 0 fully saturated rings. The number of carbonyl (C=O) groups is 1. The average Bonchev–Trinajstić information content (AvgIpc) is 2.88. The van der Waals surface area contributed by atoms with Crippen LogP contribution in [0, 0.1) is 6.92 Å². The summed E-state index contributed by atoms with van der Waals surface area (Å²) < 4.78 is 1.01. The third-order valence-corrected chi connectivity index (χ3v) is 5.24. The van der Waals surface area contributed by atoms with E-state index >= 15 is 0 Å². The molecule has 24 heavy (non-hydrogen) atoms. The molecule has 1 amide bonds. The van der Waals surface area contributed by atoms with Gasteiger partial charge < -0.3 is 0 Å². The average molecular weight is 359 g/mol. The van der Waals surface area contributed by atoms with Crippen molar-refractivity contribution in [3.05, 3.63) is 58.1 Å². The van der Waals surface area contributed by atoms with E-state index in [9.17, 15) is 4.79 Å². The SMILES string of the molecule is Cc1cc2sc(NC(=O)c3ccc(C(C)(C)C)cc3)nc2cc1Cl. The van der Waals surface area contributed by atoms with Gasteiger partial charge in [-0.25, -0.2) is 4.98 Å². The molecule has 3 nitrogen and oxygen atoms in total. The number of fused-ring (bicyclic) bond motifs is 1. The van der Waals surface area contributed by atoms with Gasteiger partial charge in [-0.3, -0.25) is 10.1 Å². The van der Waals surface area contributed by atoms with Gasteiger partial charge in [0.05, 0.1) is 10.2 Å².